The minimum atomic E-state index is -0.236. The molecule has 0 aliphatic heterocycles. The van der Waals surface area contributed by atoms with E-state index < -0.39 is 0 Å². The summed E-state index contributed by atoms with van der Waals surface area (Å²) >= 11 is 1.21. The summed E-state index contributed by atoms with van der Waals surface area (Å²) in [5.74, 6) is -0.205. The van der Waals surface area contributed by atoms with E-state index >= 15 is 0 Å². The van der Waals surface area contributed by atoms with Crippen molar-refractivity contribution >= 4 is 40.2 Å². The zero-order valence-electron chi connectivity index (χ0n) is 20.1. The van der Waals surface area contributed by atoms with E-state index in [9.17, 15) is 14.4 Å². The molecule has 0 atom stereocenters. The maximum atomic E-state index is 13.6. The van der Waals surface area contributed by atoms with Crippen LogP contribution >= 0.6 is 11.8 Å². The molecule has 0 spiro atoms. The second-order valence-electron chi connectivity index (χ2n) is 8.55. The van der Waals surface area contributed by atoms with Crippen molar-refractivity contribution in [1.82, 2.24) is 14.5 Å². The van der Waals surface area contributed by atoms with E-state index in [1.165, 1.54) is 18.7 Å². The van der Waals surface area contributed by atoms with Crippen LogP contribution in [0.25, 0.3) is 22.3 Å². The highest BCUT2D eigenvalue weighted by Crippen LogP contribution is 2.24. The summed E-state index contributed by atoms with van der Waals surface area (Å²) in [5.41, 5.74) is 4.68. The smallest absolute Gasteiger partial charge is 0.278 e. The van der Waals surface area contributed by atoms with Gasteiger partial charge in [0.05, 0.1) is 17.8 Å². The summed E-state index contributed by atoms with van der Waals surface area (Å²) in [6.07, 6.45) is 0. The van der Waals surface area contributed by atoms with Gasteiger partial charge in [0.1, 0.15) is 5.52 Å². The fourth-order valence-corrected chi connectivity index (χ4v) is 4.78. The number of aromatic nitrogens is 3. The van der Waals surface area contributed by atoms with Gasteiger partial charge >= 0.3 is 0 Å². The van der Waals surface area contributed by atoms with Gasteiger partial charge in [-0.05, 0) is 48.4 Å². The van der Waals surface area contributed by atoms with E-state index in [1.54, 1.807) is 28.8 Å². The van der Waals surface area contributed by atoms with Crippen molar-refractivity contribution in [2.24, 2.45) is 0 Å². The summed E-state index contributed by atoms with van der Waals surface area (Å²) in [6, 6.07) is 28.0. The van der Waals surface area contributed by atoms with Crippen LogP contribution in [0.5, 0.6) is 0 Å². The molecule has 2 N–H and O–H groups in total. The van der Waals surface area contributed by atoms with Gasteiger partial charge in [-0.2, -0.15) is 0 Å². The number of fused-ring (bicyclic) bond motifs is 1. The van der Waals surface area contributed by atoms with E-state index in [0.717, 1.165) is 16.8 Å². The van der Waals surface area contributed by atoms with Crippen LogP contribution in [0.15, 0.2) is 101 Å². The van der Waals surface area contributed by atoms with E-state index in [2.05, 4.69) is 10.3 Å². The summed E-state index contributed by atoms with van der Waals surface area (Å²) in [6.45, 7) is 1.83. The SMILES string of the molecule is CC(=O)c1ccc(NC(=O)CSc2nc3cc(-c4ccccc4)[nH]c3c(=O)n2Cc2ccccc2)cc1. The molecule has 8 heteroatoms. The van der Waals surface area contributed by atoms with Crippen LogP contribution in [-0.4, -0.2) is 32.0 Å². The van der Waals surface area contributed by atoms with Crippen molar-refractivity contribution in [2.75, 3.05) is 11.1 Å². The van der Waals surface area contributed by atoms with E-state index in [0.29, 0.717) is 34.0 Å². The minimum Gasteiger partial charge on any atom is -0.349 e. The van der Waals surface area contributed by atoms with Gasteiger partial charge in [0.15, 0.2) is 10.9 Å². The fourth-order valence-electron chi connectivity index (χ4n) is 3.98. The van der Waals surface area contributed by atoms with Crippen molar-refractivity contribution in [1.29, 1.82) is 0 Å². The standard InChI is InChI=1S/C29H24N4O3S/c1-19(34)21-12-14-23(15-13-21)30-26(35)18-37-29-32-25-16-24(22-10-6-3-7-11-22)31-27(25)28(36)33(29)17-20-8-4-2-5-9-20/h2-16,31H,17-18H2,1H3,(H,30,35). The van der Waals surface area contributed by atoms with E-state index in [4.69, 9.17) is 4.98 Å². The Hall–Kier alpha value is -4.43. The Morgan fingerprint density at radius 1 is 0.946 bits per heavy atom. The van der Waals surface area contributed by atoms with Crippen molar-refractivity contribution in [2.45, 2.75) is 18.6 Å². The number of Topliss-reactive ketones (excluding diaryl/α,β-unsaturated/α-hetero) is 1. The molecule has 0 saturated carbocycles. The second kappa shape index (κ2) is 10.7. The second-order valence-corrected chi connectivity index (χ2v) is 9.49. The molecule has 0 fully saturated rings. The lowest BCUT2D eigenvalue weighted by molar-refractivity contribution is -0.113. The monoisotopic (exact) mass is 508 g/mol. The summed E-state index contributed by atoms with van der Waals surface area (Å²) < 4.78 is 1.60. The number of thioether (sulfide) groups is 1. The molecular formula is C29H24N4O3S. The number of benzene rings is 3. The number of nitrogens with zero attached hydrogens (tertiary/aromatic N) is 2. The maximum Gasteiger partial charge on any atom is 0.278 e. The highest BCUT2D eigenvalue weighted by Gasteiger charge is 2.17. The number of hydrogen-bond donors (Lipinski definition) is 2. The molecule has 1 amide bonds. The third kappa shape index (κ3) is 5.54. The molecule has 5 rings (SSSR count). The molecule has 0 saturated heterocycles. The van der Waals surface area contributed by atoms with E-state index in [-0.39, 0.29) is 23.0 Å². The minimum absolute atomic E-state index is 0.0357. The van der Waals surface area contributed by atoms with Gasteiger partial charge < -0.3 is 10.3 Å². The Kier molecular flexibility index (Phi) is 7.00. The Morgan fingerprint density at radius 2 is 1.62 bits per heavy atom. The Bertz CT molecular complexity index is 1630. The quantitative estimate of drug-likeness (QED) is 0.167. The third-order valence-electron chi connectivity index (χ3n) is 5.88. The van der Waals surface area contributed by atoms with Crippen LogP contribution in [0.3, 0.4) is 0 Å². The van der Waals surface area contributed by atoms with Crippen molar-refractivity contribution in [3.63, 3.8) is 0 Å². The number of anilines is 1. The number of amides is 1. The molecule has 3 aromatic carbocycles. The van der Waals surface area contributed by atoms with Crippen LogP contribution in [0, 0.1) is 0 Å². The summed E-state index contributed by atoms with van der Waals surface area (Å²) in [7, 11) is 0. The van der Waals surface area contributed by atoms with Crippen LogP contribution in [0.4, 0.5) is 5.69 Å². The number of rotatable bonds is 8. The average Bonchev–Trinajstić information content (AvgIpc) is 3.35. The molecule has 184 valence electrons. The molecule has 0 radical (unpaired) electrons. The predicted molar refractivity (Wildman–Crippen MR) is 147 cm³/mol. The lowest BCUT2D eigenvalue weighted by Gasteiger charge is -2.12. The molecule has 0 unspecified atom stereocenters. The van der Waals surface area contributed by atoms with Crippen LogP contribution in [-0.2, 0) is 11.3 Å². The fraction of sp³-hybridized carbons (Fsp3) is 0.103. The lowest BCUT2D eigenvalue weighted by atomic mass is 10.1. The van der Waals surface area contributed by atoms with Crippen molar-refractivity contribution < 1.29 is 9.59 Å². The normalized spacial score (nSPS) is 10.9. The number of carbonyl (C=O) groups is 2. The molecular weight excluding hydrogens is 484 g/mol. The summed E-state index contributed by atoms with van der Waals surface area (Å²) in [4.78, 5) is 45.7. The number of carbonyl (C=O) groups excluding carboxylic acids is 2. The van der Waals surface area contributed by atoms with Crippen LogP contribution in [0.2, 0.25) is 0 Å². The zero-order valence-corrected chi connectivity index (χ0v) is 20.9. The number of nitrogens with one attached hydrogen (secondary N) is 2. The van der Waals surface area contributed by atoms with Gasteiger partial charge in [0, 0.05) is 16.9 Å². The van der Waals surface area contributed by atoms with Gasteiger partial charge in [0.25, 0.3) is 5.56 Å². The molecule has 37 heavy (non-hydrogen) atoms. The Balaban J connectivity index is 1.43. The first-order chi connectivity index (χ1) is 18.0. The molecule has 2 aromatic heterocycles. The Morgan fingerprint density at radius 3 is 2.30 bits per heavy atom. The highest BCUT2D eigenvalue weighted by molar-refractivity contribution is 7.99. The first kappa shape index (κ1) is 24.3. The number of aromatic amines is 1. The largest absolute Gasteiger partial charge is 0.349 e. The van der Waals surface area contributed by atoms with Gasteiger partial charge in [-0.3, -0.25) is 19.0 Å². The first-order valence-corrected chi connectivity index (χ1v) is 12.7. The number of H-pyrrole nitrogens is 1. The molecule has 0 aliphatic carbocycles. The zero-order chi connectivity index (χ0) is 25.8. The molecule has 2 heterocycles. The van der Waals surface area contributed by atoms with Crippen molar-refractivity contribution in [3.05, 3.63) is 112 Å². The highest BCUT2D eigenvalue weighted by atomic mass is 32.2. The Labute approximate surface area is 217 Å². The van der Waals surface area contributed by atoms with Gasteiger partial charge in [-0.1, -0.05) is 72.4 Å². The van der Waals surface area contributed by atoms with Crippen LogP contribution < -0.4 is 10.9 Å². The predicted octanol–water partition coefficient (Wildman–Crippen LogP) is 5.37. The number of ketones is 1. The third-order valence-corrected chi connectivity index (χ3v) is 6.86. The average molecular weight is 509 g/mol. The molecule has 5 aromatic rings. The van der Waals surface area contributed by atoms with Crippen LogP contribution in [0.1, 0.15) is 22.8 Å². The molecule has 0 bridgehead atoms. The topological polar surface area (TPSA) is 96.8 Å². The number of hydrogen-bond acceptors (Lipinski definition) is 5. The van der Waals surface area contributed by atoms with E-state index in [1.807, 2.05) is 66.7 Å². The first-order valence-electron chi connectivity index (χ1n) is 11.7. The molecule has 7 nitrogen and oxygen atoms in total. The van der Waals surface area contributed by atoms with Gasteiger partial charge in [-0.25, -0.2) is 4.98 Å². The van der Waals surface area contributed by atoms with Crippen molar-refractivity contribution in [3.8, 4) is 11.3 Å². The molecule has 0 aliphatic rings. The van der Waals surface area contributed by atoms with Gasteiger partial charge in [-0.15, -0.1) is 0 Å². The summed E-state index contributed by atoms with van der Waals surface area (Å²) in [5, 5.41) is 3.29. The lowest BCUT2D eigenvalue weighted by Crippen LogP contribution is -2.25. The van der Waals surface area contributed by atoms with Gasteiger partial charge in [0.2, 0.25) is 5.91 Å². The maximum absolute atomic E-state index is 13.6.